The van der Waals surface area contributed by atoms with Crippen LogP contribution in [0.4, 0.5) is 0 Å². The molecule has 0 heterocycles. The number of rotatable bonds is 7. The van der Waals surface area contributed by atoms with E-state index in [1.807, 2.05) is 17.8 Å². The number of thioether (sulfide) groups is 1. The maximum atomic E-state index is 5.20. The summed E-state index contributed by atoms with van der Waals surface area (Å²) in [7, 11) is 1.68. The molecule has 2 nitrogen and oxygen atoms in total. The molecule has 0 aromatic heterocycles. The SMILES string of the molecule is COc1ccc(CNCC(C)CSC)cc1Br. The zero-order valence-electron chi connectivity index (χ0n) is 10.6. The van der Waals surface area contributed by atoms with Crippen LogP contribution in [0.15, 0.2) is 22.7 Å². The highest BCUT2D eigenvalue weighted by molar-refractivity contribution is 9.10. The smallest absolute Gasteiger partial charge is 0.133 e. The molecule has 0 aliphatic rings. The fourth-order valence-corrected chi connectivity index (χ4v) is 2.90. The van der Waals surface area contributed by atoms with Crippen molar-refractivity contribution in [2.75, 3.05) is 25.7 Å². The molecule has 1 aromatic rings. The molecule has 0 saturated carbocycles. The van der Waals surface area contributed by atoms with Crippen LogP contribution in [0.25, 0.3) is 0 Å². The molecular weight excluding hydrogens is 298 g/mol. The summed E-state index contributed by atoms with van der Waals surface area (Å²) in [5, 5.41) is 3.48. The van der Waals surface area contributed by atoms with Crippen molar-refractivity contribution < 1.29 is 4.74 Å². The molecule has 0 fully saturated rings. The number of hydrogen-bond acceptors (Lipinski definition) is 3. The summed E-state index contributed by atoms with van der Waals surface area (Å²) in [5.74, 6) is 2.80. The quantitative estimate of drug-likeness (QED) is 0.831. The molecule has 0 saturated heterocycles. The van der Waals surface area contributed by atoms with Crippen LogP contribution in [0.3, 0.4) is 0 Å². The Morgan fingerprint density at radius 1 is 1.47 bits per heavy atom. The van der Waals surface area contributed by atoms with E-state index in [1.54, 1.807) is 7.11 Å². The van der Waals surface area contributed by atoms with Crippen molar-refractivity contribution in [2.45, 2.75) is 13.5 Å². The predicted molar refractivity (Wildman–Crippen MR) is 79.9 cm³/mol. The summed E-state index contributed by atoms with van der Waals surface area (Å²) in [6.07, 6.45) is 2.15. The van der Waals surface area contributed by atoms with Gasteiger partial charge in [-0.1, -0.05) is 13.0 Å². The Kier molecular flexibility index (Phi) is 7.00. The second-order valence-electron chi connectivity index (χ2n) is 4.16. The molecule has 1 rings (SSSR count). The van der Waals surface area contributed by atoms with Crippen molar-refractivity contribution >= 4 is 27.7 Å². The van der Waals surface area contributed by atoms with Crippen LogP contribution in [0.2, 0.25) is 0 Å². The number of nitrogens with one attached hydrogen (secondary N) is 1. The summed E-state index contributed by atoms with van der Waals surface area (Å²) in [6, 6.07) is 6.19. The Labute approximate surface area is 117 Å². The first-order chi connectivity index (χ1) is 8.17. The van der Waals surface area contributed by atoms with Gasteiger partial charge in [-0.25, -0.2) is 0 Å². The molecule has 1 unspecified atom stereocenters. The Hall–Kier alpha value is -0.190. The summed E-state index contributed by atoms with van der Waals surface area (Å²) in [5.41, 5.74) is 1.27. The average Bonchev–Trinajstić information content (AvgIpc) is 2.29. The van der Waals surface area contributed by atoms with Gasteiger partial charge in [0, 0.05) is 6.54 Å². The lowest BCUT2D eigenvalue weighted by molar-refractivity contribution is 0.412. The van der Waals surface area contributed by atoms with Gasteiger partial charge in [0.2, 0.25) is 0 Å². The third-order valence-electron chi connectivity index (χ3n) is 2.49. The van der Waals surface area contributed by atoms with Crippen LogP contribution >= 0.6 is 27.7 Å². The first-order valence-corrected chi connectivity index (χ1v) is 7.88. The van der Waals surface area contributed by atoms with Crippen molar-refractivity contribution in [1.82, 2.24) is 5.32 Å². The van der Waals surface area contributed by atoms with Gasteiger partial charge in [0.15, 0.2) is 0 Å². The third-order valence-corrected chi connectivity index (χ3v) is 4.01. The maximum Gasteiger partial charge on any atom is 0.133 e. The first kappa shape index (κ1) is 14.9. The molecule has 4 heteroatoms. The minimum absolute atomic E-state index is 0.715. The molecule has 0 amide bonds. The van der Waals surface area contributed by atoms with Gasteiger partial charge in [-0.3, -0.25) is 0 Å². The summed E-state index contributed by atoms with van der Waals surface area (Å²) >= 11 is 5.40. The minimum Gasteiger partial charge on any atom is -0.496 e. The van der Waals surface area contributed by atoms with E-state index >= 15 is 0 Å². The number of benzene rings is 1. The number of halogens is 1. The van der Waals surface area contributed by atoms with Crippen LogP contribution < -0.4 is 10.1 Å². The van der Waals surface area contributed by atoms with Crippen molar-refractivity contribution in [1.29, 1.82) is 0 Å². The lowest BCUT2D eigenvalue weighted by Gasteiger charge is -2.12. The Morgan fingerprint density at radius 3 is 2.82 bits per heavy atom. The van der Waals surface area contributed by atoms with E-state index in [1.165, 1.54) is 11.3 Å². The van der Waals surface area contributed by atoms with E-state index in [4.69, 9.17) is 4.74 Å². The van der Waals surface area contributed by atoms with Gasteiger partial charge in [-0.05, 0) is 58.1 Å². The Balaban J connectivity index is 2.39. The molecule has 0 radical (unpaired) electrons. The summed E-state index contributed by atoms with van der Waals surface area (Å²) in [6.45, 7) is 4.24. The van der Waals surface area contributed by atoms with Crippen molar-refractivity contribution in [3.63, 3.8) is 0 Å². The van der Waals surface area contributed by atoms with Gasteiger partial charge in [0.05, 0.1) is 11.6 Å². The van der Waals surface area contributed by atoms with Crippen LogP contribution in [0.5, 0.6) is 5.75 Å². The van der Waals surface area contributed by atoms with Gasteiger partial charge < -0.3 is 10.1 Å². The average molecular weight is 318 g/mol. The van der Waals surface area contributed by atoms with E-state index in [0.29, 0.717) is 5.92 Å². The van der Waals surface area contributed by atoms with Gasteiger partial charge in [-0.15, -0.1) is 0 Å². The van der Waals surface area contributed by atoms with Crippen LogP contribution in [-0.2, 0) is 6.54 Å². The predicted octanol–water partition coefficient (Wildman–Crippen LogP) is 3.55. The van der Waals surface area contributed by atoms with E-state index in [2.05, 4.69) is 46.6 Å². The monoisotopic (exact) mass is 317 g/mol. The number of hydrogen-bond donors (Lipinski definition) is 1. The topological polar surface area (TPSA) is 21.3 Å². The number of ether oxygens (including phenoxy) is 1. The van der Waals surface area contributed by atoms with Gasteiger partial charge in [0.25, 0.3) is 0 Å². The summed E-state index contributed by atoms with van der Waals surface area (Å²) in [4.78, 5) is 0. The van der Waals surface area contributed by atoms with Gasteiger partial charge in [-0.2, -0.15) is 11.8 Å². The van der Waals surface area contributed by atoms with Crippen molar-refractivity contribution in [3.8, 4) is 5.75 Å². The molecule has 96 valence electrons. The normalized spacial score (nSPS) is 12.5. The maximum absolute atomic E-state index is 5.20. The minimum atomic E-state index is 0.715. The first-order valence-electron chi connectivity index (χ1n) is 5.69. The standard InChI is InChI=1S/C13H20BrNOS/c1-10(9-17-3)7-15-8-11-4-5-13(16-2)12(14)6-11/h4-6,10,15H,7-9H2,1-3H3. The van der Waals surface area contributed by atoms with E-state index in [9.17, 15) is 0 Å². The fourth-order valence-electron chi connectivity index (χ4n) is 1.63. The van der Waals surface area contributed by atoms with Crippen molar-refractivity contribution in [2.24, 2.45) is 5.92 Å². The van der Waals surface area contributed by atoms with Gasteiger partial charge >= 0.3 is 0 Å². The molecule has 0 bridgehead atoms. The van der Waals surface area contributed by atoms with E-state index in [0.717, 1.165) is 23.3 Å². The second-order valence-corrected chi connectivity index (χ2v) is 5.93. The Bertz CT molecular complexity index is 346. The molecule has 0 aliphatic heterocycles. The number of methoxy groups -OCH3 is 1. The summed E-state index contributed by atoms with van der Waals surface area (Å²) < 4.78 is 6.22. The Morgan fingerprint density at radius 2 is 2.24 bits per heavy atom. The van der Waals surface area contributed by atoms with E-state index < -0.39 is 0 Å². The molecule has 1 N–H and O–H groups in total. The molecule has 1 aromatic carbocycles. The zero-order chi connectivity index (χ0) is 12.7. The third kappa shape index (κ3) is 5.32. The van der Waals surface area contributed by atoms with Crippen LogP contribution in [0, 0.1) is 5.92 Å². The second kappa shape index (κ2) is 8.01. The van der Waals surface area contributed by atoms with E-state index in [-0.39, 0.29) is 0 Å². The largest absolute Gasteiger partial charge is 0.496 e. The molecule has 0 aliphatic carbocycles. The van der Waals surface area contributed by atoms with Crippen LogP contribution in [0.1, 0.15) is 12.5 Å². The van der Waals surface area contributed by atoms with Crippen molar-refractivity contribution in [3.05, 3.63) is 28.2 Å². The van der Waals surface area contributed by atoms with Crippen LogP contribution in [-0.4, -0.2) is 25.7 Å². The lowest BCUT2D eigenvalue weighted by atomic mass is 10.2. The molecule has 17 heavy (non-hydrogen) atoms. The highest BCUT2D eigenvalue weighted by Crippen LogP contribution is 2.25. The molecule has 1 atom stereocenters. The van der Waals surface area contributed by atoms with Gasteiger partial charge in [0.1, 0.15) is 5.75 Å². The molecule has 0 spiro atoms. The molecular formula is C13H20BrNOS. The highest BCUT2D eigenvalue weighted by atomic mass is 79.9. The zero-order valence-corrected chi connectivity index (χ0v) is 13.0. The fraction of sp³-hybridized carbons (Fsp3) is 0.538. The highest BCUT2D eigenvalue weighted by Gasteiger charge is 2.03. The lowest BCUT2D eigenvalue weighted by Crippen LogP contribution is -2.22.